The van der Waals surface area contributed by atoms with Gasteiger partial charge in [0.2, 0.25) is 5.95 Å². The Morgan fingerprint density at radius 1 is 1.18 bits per heavy atom. The fraction of sp³-hybridized carbons (Fsp3) is 0.450. The topological polar surface area (TPSA) is 120 Å². The van der Waals surface area contributed by atoms with Gasteiger partial charge in [-0.3, -0.25) is 0 Å². The average Bonchev–Trinajstić information content (AvgIpc) is 3.08. The summed E-state index contributed by atoms with van der Waals surface area (Å²) in [6, 6.07) is 8.13. The van der Waals surface area contributed by atoms with Gasteiger partial charge in [-0.2, -0.15) is 9.97 Å². The standard InChI is InChI=1S/C20H28N8/c1-12(2)28-11-23-17-18(24-14-7-5-6-13(21)10-14)26-20(27-19(17)28)25-16-9-4-3-8-15(16)22/h5-7,10-12,15-16H,3-4,8-9,21-22H2,1-2H3,(H2,24,25,26,27)/t15-,16-/m0/s1. The molecule has 0 amide bonds. The van der Waals surface area contributed by atoms with Crippen molar-refractivity contribution in [3.8, 4) is 0 Å². The first-order valence-electron chi connectivity index (χ1n) is 9.90. The third kappa shape index (κ3) is 3.73. The Hall–Kier alpha value is -2.87. The van der Waals surface area contributed by atoms with Crippen LogP contribution in [0.15, 0.2) is 30.6 Å². The van der Waals surface area contributed by atoms with Crippen molar-refractivity contribution in [3.63, 3.8) is 0 Å². The molecule has 0 unspecified atom stereocenters. The largest absolute Gasteiger partial charge is 0.399 e. The summed E-state index contributed by atoms with van der Waals surface area (Å²) < 4.78 is 2.05. The highest BCUT2D eigenvalue weighted by Crippen LogP contribution is 2.28. The molecule has 2 atom stereocenters. The third-order valence-electron chi connectivity index (χ3n) is 5.26. The van der Waals surface area contributed by atoms with Crippen LogP contribution in [0, 0.1) is 0 Å². The number of rotatable bonds is 5. The van der Waals surface area contributed by atoms with Crippen molar-refractivity contribution in [3.05, 3.63) is 30.6 Å². The quantitative estimate of drug-likeness (QED) is 0.501. The van der Waals surface area contributed by atoms with Gasteiger partial charge in [-0.25, -0.2) is 4.98 Å². The lowest BCUT2D eigenvalue weighted by atomic mass is 9.91. The first kappa shape index (κ1) is 18.5. The summed E-state index contributed by atoms with van der Waals surface area (Å²) in [6.07, 6.45) is 6.22. The molecule has 0 aliphatic heterocycles. The lowest BCUT2D eigenvalue weighted by molar-refractivity contribution is 0.402. The van der Waals surface area contributed by atoms with E-state index in [9.17, 15) is 0 Å². The molecule has 1 saturated carbocycles. The van der Waals surface area contributed by atoms with E-state index in [4.69, 9.17) is 21.4 Å². The number of fused-ring (bicyclic) bond motifs is 1. The van der Waals surface area contributed by atoms with E-state index in [0.29, 0.717) is 17.5 Å². The van der Waals surface area contributed by atoms with E-state index in [1.54, 1.807) is 0 Å². The van der Waals surface area contributed by atoms with Gasteiger partial charge < -0.3 is 26.7 Å². The minimum atomic E-state index is 0.119. The molecular weight excluding hydrogens is 352 g/mol. The molecular formula is C20H28N8. The fourth-order valence-electron chi connectivity index (χ4n) is 3.70. The normalized spacial score (nSPS) is 19.9. The highest BCUT2D eigenvalue weighted by molar-refractivity contribution is 5.87. The fourth-order valence-corrected chi connectivity index (χ4v) is 3.70. The predicted octanol–water partition coefficient (Wildman–Crippen LogP) is 3.41. The summed E-state index contributed by atoms with van der Waals surface area (Å²) in [4.78, 5) is 14.0. The first-order valence-corrected chi connectivity index (χ1v) is 9.90. The van der Waals surface area contributed by atoms with Crippen LogP contribution < -0.4 is 22.1 Å². The lowest BCUT2D eigenvalue weighted by Crippen LogP contribution is -2.43. The number of hydrogen-bond acceptors (Lipinski definition) is 7. The van der Waals surface area contributed by atoms with Gasteiger partial charge >= 0.3 is 0 Å². The number of nitrogens with zero attached hydrogens (tertiary/aromatic N) is 4. The zero-order chi connectivity index (χ0) is 19.7. The highest BCUT2D eigenvalue weighted by Gasteiger charge is 2.23. The van der Waals surface area contributed by atoms with Gasteiger partial charge in [0.15, 0.2) is 17.0 Å². The molecule has 28 heavy (non-hydrogen) atoms. The van der Waals surface area contributed by atoms with Crippen LogP contribution in [-0.4, -0.2) is 31.6 Å². The zero-order valence-corrected chi connectivity index (χ0v) is 16.4. The maximum atomic E-state index is 6.31. The Morgan fingerprint density at radius 3 is 2.75 bits per heavy atom. The number of hydrogen-bond donors (Lipinski definition) is 4. The van der Waals surface area contributed by atoms with Gasteiger partial charge in [0.05, 0.1) is 6.33 Å². The number of nitrogens with two attached hydrogens (primary N) is 2. The van der Waals surface area contributed by atoms with Crippen molar-refractivity contribution >= 4 is 34.3 Å². The summed E-state index contributed by atoms with van der Waals surface area (Å²) >= 11 is 0. The van der Waals surface area contributed by atoms with Crippen LogP contribution in [0.1, 0.15) is 45.6 Å². The molecule has 0 spiro atoms. The lowest BCUT2D eigenvalue weighted by Gasteiger charge is -2.29. The molecule has 148 valence electrons. The van der Waals surface area contributed by atoms with Gasteiger partial charge in [0.25, 0.3) is 0 Å². The molecule has 1 fully saturated rings. The third-order valence-corrected chi connectivity index (χ3v) is 5.26. The molecule has 0 saturated heterocycles. The van der Waals surface area contributed by atoms with E-state index in [1.165, 1.54) is 12.8 Å². The Bertz CT molecular complexity index is 964. The monoisotopic (exact) mass is 380 g/mol. The summed E-state index contributed by atoms with van der Waals surface area (Å²) in [7, 11) is 0. The molecule has 2 heterocycles. The van der Waals surface area contributed by atoms with E-state index in [1.807, 2.05) is 35.2 Å². The van der Waals surface area contributed by atoms with E-state index in [-0.39, 0.29) is 18.1 Å². The van der Waals surface area contributed by atoms with E-state index in [0.717, 1.165) is 29.7 Å². The summed E-state index contributed by atoms with van der Waals surface area (Å²) in [6.45, 7) is 4.22. The SMILES string of the molecule is CC(C)n1cnc2c(Nc3cccc(N)c3)nc(N[C@H]3CCCC[C@@H]3N)nc21. The van der Waals surface area contributed by atoms with E-state index < -0.39 is 0 Å². The zero-order valence-electron chi connectivity index (χ0n) is 16.4. The van der Waals surface area contributed by atoms with Crippen LogP contribution in [0.3, 0.4) is 0 Å². The molecule has 0 bridgehead atoms. The van der Waals surface area contributed by atoms with Crippen molar-refractivity contribution in [2.24, 2.45) is 5.73 Å². The summed E-state index contributed by atoms with van der Waals surface area (Å²) in [5.41, 5.74) is 15.3. The molecule has 2 aromatic heterocycles. The van der Waals surface area contributed by atoms with Gasteiger partial charge in [-0.05, 0) is 44.9 Å². The van der Waals surface area contributed by atoms with Crippen molar-refractivity contribution in [2.75, 3.05) is 16.4 Å². The molecule has 8 heteroatoms. The van der Waals surface area contributed by atoms with E-state index >= 15 is 0 Å². The van der Waals surface area contributed by atoms with Crippen molar-refractivity contribution in [1.29, 1.82) is 0 Å². The predicted molar refractivity (Wildman–Crippen MR) is 114 cm³/mol. The minimum Gasteiger partial charge on any atom is -0.399 e. The second-order valence-corrected chi connectivity index (χ2v) is 7.76. The second-order valence-electron chi connectivity index (χ2n) is 7.76. The Morgan fingerprint density at radius 2 is 2.00 bits per heavy atom. The van der Waals surface area contributed by atoms with Crippen molar-refractivity contribution < 1.29 is 0 Å². The van der Waals surface area contributed by atoms with Crippen LogP contribution in [0.5, 0.6) is 0 Å². The second kappa shape index (κ2) is 7.63. The maximum Gasteiger partial charge on any atom is 0.227 e. The van der Waals surface area contributed by atoms with Crippen LogP contribution in [0.2, 0.25) is 0 Å². The number of nitrogen functional groups attached to an aromatic ring is 1. The summed E-state index contributed by atoms with van der Waals surface area (Å²) in [5.74, 6) is 1.23. The molecule has 8 nitrogen and oxygen atoms in total. The molecule has 4 rings (SSSR count). The Labute approximate surface area is 164 Å². The number of imidazole rings is 1. The highest BCUT2D eigenvalue weighted by atomic mass is 15.2. The number of anilines is 4. The van der Waals surface area contributed by atoms with E-state index in [2.05, 4.69) is 29.5 Å². The van der Waals surface area contributed by atoms with Crippen LogP contribution >= 0.6 is 0 Å². The molecule has 6 N–H and O–H groups in total. The Balaban J connectivity index is 1.74. The van der Waals surface area contributed by atoms with Crippen LogP contribution in [0.25, 0.3) is 11.2 Å². The molecule has 1 aromatic carbocycles. The van der Waals surface area contributed by atoms with Crippen molar-refractivity contribution in [1.82, 2.24) is 19.5 Å². The molecule has 0 radical (unpaired) electrons. The van der Waals surface area contributed by atoms with Crippen LogP contribution in [0.4, 0.5) is 23.1 Å². The van der Waals surface area contributed by atoms with Crippen molar-refractivity contribution in [2.45, 2.75) is 57.7 Å². The van der Waals surface area contributed by atoms with Gasteiger partial charge in [0.1, 0.15) is 0 Å². The Kier molecular flexibility index (Phi) is 5.04. The molecule has 1 aliphatic carbocycles. The van der Waals surface area contributed by atoms with Gasteiger partial charge in [-0.15, -0.1) is 0 Å². The number of nitrogens with one attached hydrogen (secondary N) is 2. The van der Waals surface area contributed by atoms with Crippen LogP contribution in [-0.2, 0) is 0 Å². The average molecular weight is 381 g/mol. The smallest absolute Gasteiger partial charge is 0.227 e. The first-order chi connectivity index (χ1) is 13.5. The minimum absolute atomic E-state index is 0.119. The number of aromatic nitrogens is 4. The van der Waals surface area contributed by atoms with Gasteiger partial charge in [0, 0.05) is 29.5 Å². The molecule has 1 aliphatic rings. The molecule has 3 aromatic rings. The van der Waals surface area contributed by atoms with Gasteiger partial charge in [-0.1, -0.05) is 18.9 Å². The maximum absolute atomic E-state index is 6.31. The summed E-state index contributed by atoms with van der Waals surface area (Å²) in [5, 5.41) is 6.81. The number of benzene rings is 1.